The molecule has 2 aromatic rings. The molecule has 0 bridgehead atoms. The Bertz CT molecular complexity index is 1030. The Kier molecular flexibility index (Phi) is 6.77. The number of piperidine rings is 1. The van der Waals surface area contributed by atoms with Crippen molar-refractivity contribution in [2.45, 2.75) is 63.8 Å². The molecule has 0 aliphatic carbocycles. The van der Waals surface area contributed by atoms with Crippen LogP contribution in [0.5, 0.6) is 0 Å². The Balaban J connectivity index is 1.44. The number of hydrogen-bond donors (Lipinski definition) is 1. The van der Waals surface area contributed by atoms with E-state index in [2.05, 4.69) is 11.0 Å². The number of carbonyl (C=O) groups excluding carboxylic acids is 1. The Morgan fingerprint density at radius 3 is 1.91 bits per heavy atom. The lowest BCUT2D eigenvalue weighted by atomic mass is 9.80. The van der Waals surface area contributed by atoms with E-state index >= 15 is 0 Å². The summed E-state index contributed by atoms with van der Waals surface area (Å²) in [4.78, 5) is 16.4. The lowest BCUT2D eigenvalue weighted by Gasteiger charge is -2.47. The fourth-order valence-electron chi connectivity index (χ4n) is 5.38. The molecule has 2 heterocycles. The molecule has 7 heteroatoms. The predicted molar refractivity (Wildman–Crippen MR) is 132 cm³/mol. The Morgan fingerprint density at radius 2 is 1.49 bits per heavy atom. The molecule has 1 spiro atoms. The number of hydrogen-bond acceptors (Lipinski definition) is 4. The van der Waals surface area contributed by atoms with Gasteiger partial charge in [0.05, 0.1) is 0 Å². The van der Waals surface area contributed by atoms with Gasteiger partial charge in [0, 0.05) is 38.0 Å². The SMILES string of the molecule is CC(C)(C)N1C(=O)OC2(CCN(CCC=C(c3ccc(F)cc3)c3ccc(F)cc3)CC2)C1(C)O. The fraction of sp³-hybridized carbons (Fsp3) is 0.464. The number of carbonyl (C=O) groups is 1. The topological polar surface area (TPSA) is 53.0 Å². The first kappa shape index (κ1) is 25.3. The molecular weight excluding hydrogens is 450 g/mol. The molecular formula is C28H34F2N2O3. The number of halogens is 2. The minimum atomic E-state index is -1.38. The summed E-state index contributed by atoms with van der Waals surface area (Å²) in [5.41, 5.74) is -0.196. The van der Waals surface area contributed by atoms with E-state index in [9.17, 15) is 18.7 Å². The van der Waals surface area contributed by atoms with Gasteiger partial charge in [-0.25, -0.2) is 13.6 Å². The largest absolute Gasteiger partial charge is 0.437 e. The maximum absolute atomic E-state index is 13.5. The molecule has 188 valence electrons. The van der Waals surface area contributed by atoms with Crippen molar-refractivity contribution in [2.24, 2.45) is 0 Å². The van der Waals surface area contributed by atoms with Gasteiger partial charge < -0.3 is 14.7 Å². The summed E-state index contributed by atoms with van der Waals surface area (Å²) in [5, 5.41) is 11.4. The second-order valence-corrected chi connectivity index (χ2v) is 10.7. The van der Waals surface area contributed by atoms with Crippen LogP contribution in [-0.2, 0) is 4.74 Å². The van der Waals surface area contributed by atoms with Crippen molar-refractivity contribution in [2.75, 3.05) is 19.6 Å². The number of nitrogens with zero attached hydrogens (tertiary/aromatic N) is 2. The van der Waals surface area contributed by atoms with Crippen molar-refractivity contribution >= 4 is 11.7 Å². The Labute approximate surface area is 206 Å². The summed E-state index contributed by atoms with van der Waals surface area (Å²) >= 11 is 0. The summed E-state index contributed by atoms with van der Waals surface area (Å²) in [6.07, 6.45) is 3.46. The van der Waals surface area contributed by atoms with E-state index in [1.54, 1.807) is 31.2 Å². The molecule has 4 rings (SSSR count). The summed E-state index contributed by atoms with van der Waals surface area (Å²) in [6, 6.07) is 12.6. The molecule has 2 fully saturated rings. The highest BCUT2D eigenvalue weighted by Crippen LogP contribution is 2.47. The lowest BCUT2D eigenvalue weighted by Crippen LogP contribution is -2.64. The van der Waals surface area contributed by atoms with Gasteiger partial charge in [-0.15, -0.1) is 0 Å². The molecule has 2 aliphatic rings. The molecule has 35 heavy (non-hydrogen) atoms. The normalized spacial score (nSPS) is 22.4. The zero-order valence-corrected chi connectivity index (χ0v) is 20.9. The summed E-state index contributed by atoms with van der Waals surface area (Å²) in [7, 11) is 0. The quantitative estimate of drug-likeness (QED) is 0.602. The van der Waals surface area contributed by atoms with Crippen LogP contribution in [0.4, 0.5) is 13.6 Å². The standard InChI is InChI=1S/C28H34F2N2O3/c1-26(2,3)32-25(33)35-28(27(32,4)34)15-18-31(19-16-28)17-5-6-24(20-7-11-22(29)12-8-20)21-9-13-23(30)14-10-21/h6-14,34H,5,15-19H2,1-4H3. The zero-order valence-electron chi connectivity index (χ0n) is 20.9. The predicted octanol–water partition coefficient (Wildman–Crippen LogP) is 5.58. The van der Waals surface area contributed by atoms with Gasteiger partial charge in [-0.1, -0.05) is 30.3 Å². The Morgan fingerprint density at radius 1 is 1.00 bits per heavy atom. The number of amides is 1. The smallest absolute Gasteiger partial charge is 0.413 e. The molecule has 1 N–H and O–H groups in total. The summed E-state index contributed by atoms with van der Waals surface area (Å²) in [5.74, 6) is -0.606. The van der Waals surface area contributed by atoms with Gasteiger partial charge in [0.2, 0.25) is 0 Å². The van der Waals surface area contributed by atoms with Gasteiger partial charge in [-0.05, 0) is 75.1 Å². The molecule has 1 amide bonds. The van der Waals surface area contributed by atoms with E-state index in [1.165, 1.54) is 29.2 Å². The molecule has 0 radical (unpaired) electrons. The Hall–Kier alpha value is -2.77. The monoisotopic (exact) mass is 484 g/mol. The van der Waals surface area contributed by atoms with Crippen LogP contribution < -0.4 is 0 Å². The first-order valence-electron chi connectivity index (χ1n) is 12.1. The average molecular weight is 485 g/mol. The van der Waals surface area contributed by atoms with Crippen molar-refractivity contribution < 1.29 is 23.4 Å². The maximum Gasteiger partial charge on any atom is 0.413 e. The van der Waals surface area contributed by atoms with Crippen molar-refractivity contribution in [3.8, 4) is 0 Å². The molecule has 1 unspecified atom stereocenters. The molecule has 0 aromatic heterocycles. The zero-order chi connectivity index (χ0) is 25.4. The second-order valence-electron chi connectivity index (χ2n) is 10.7. The maximum atomic E-state index is 13.5. The second kappa shape index (κ2) is 9.36. The van der Waals surface area contributed by atoms with E-state index in [0.717, 1.165) is 29.7 Å². The van der Waals surface area contributed by atoms with Crippen LogP contribution in [-0.4, -0.2) is 57.5 Å². The van der Waals surface area contributed by atoms with Crippen LogP contribution in [0.25, 0.3) is 5.57 Å². The first-order valence-corrected chi connectivity index (χ1v) is 12.1. The third-order valence-electron chi connectivity index (χ3n) is 7.20. The highest BCUT2D eigenvalue weighted by Gasteiger charge is 2.64. The summed E-state index contributed by atoms with van der Waals surface area (Å²) < 4.78 is 32.7. The third kappa shape index (κ3) is 4.98. The van der Waals surface area contributed by atoms with E-state index in [4.69, 9.17) is 4.74 Å². The van der Waals surface area contributed by atoms with Crippen LogP contribution in [0.15, 0.2) is 54.6 Å². The van der Waals surface area contributed by atoms with Crippen molar-refractivity contribution in [1.29, 1.82) is 0 Å². The van der Waals surface area contributed by atoms with Crippen LogP contribution in [0.1, 0.15) is 58.1 Å². The number of likely N-dealkylation sites (tertiary alicyclic amines) is 1. The highest BCUT2D eigenvalue weighted by atomic mass is 19.1. The van der Waals surface area contributed by atoms with Crippen LogP contribution in [0.2, 0.25) is 0 Å². The minimum Gasteiger partial charge on any atom is -0.437 e. The molecule has 2 aromatic carbocycles. The first-order chi connectivity index (χ1) is 16.4. The van der Waals surface area contributed by atoms with Crippen molar-refractivity contribution in [1.82, 2.24) is 9.80 Å². The third-order valence-corrected chi connectivity index (χ3v) is 7.20. The van der Waals surface area contributed by atoms with E-state index in [1.807, 2.05) is 20.8 Å². The molecule has 2 saturated heterocycles. The molecule has 5 nitrogen and oxygen atoms in total. The number of benzene rings is 2. The van der Waals surface area contributed by atoms with Gasteiger partial charge >= 0.3 is 6.09 Å². The number of rotatable bonds is 5. The van der Waals surface area contributed by atoms with E-state index in [-0.39, 0.29) is 11.6 Å². The van der Waals surface area contributed by atoms with Crippen molar-refractivity contribution in [3.63, 3.8) is 0 Å². The highest BCUT2D eigenvalue weighted by molar-refractivity contribution is 5.79. The fourth-order valence-corrected chi connectivity index (χ4v) is 5.38. The van der Waals surface area contributed by atoms with Gasteiger partial charge in [-0.2, -0.15) is 0 Å². The van der Waals surface area contributed by atoms with E-state index < -0.39 is 23.0 Å². The molecule has 2 aliphatic heterocycles. The summed E-state index contributed by atoms with van der Waals surface area (Å²) in [6.45, 7) is 9.52. The molecule has 0 saturated carbocycles. The van der Waals surface area contributed by atoms with E-state index in [0.29, 0.717) is 25.9 Å². The molecule has 1 atom stereocenters. The van der Waals surface area contributed by atoms with Crippen LogP contribution >= 0.6 is 0 Å². The van der Waals surface area contributed by atoms with Gasteiger partial charge in [0.25, 0.3) is 0 Å². The lowest BCUT2D eigenvalue weighted by molar-refractivity contribution is -0.179. The number of aliphatic hydroxyl groups is 1. The van der Waals surface area contributed by atoms with Crippen LogP contribution in [0, 0.1) is 11.6 Å². The van der Waals surface area contributed by atoms with Crippen molar-refractivity contribution in [3.05, 3.63) is 77.4 Å². The van der Waals surface area contributed by atoms with Gasteiger partial charge in [0.1, 0.15) is 11.6 Å². The minimum absolute atomic E-state index is 0.303. The van der Waals surface area contributed by atoms with Crippen LogP contribution in [0.3, 0.4) is 0 Å². The number of ether oxygens (including phenoxy) is 1. The average Bonchev–Trinajstić information content (AvgIpc) is 2.98. The van der Waals surface area contributed by atoms with Gasteiger partial charge in [-0.3, -0.25) is 4.90 Å². The van der Waals surface area contributed by atoms with Gasteiger partial charge in [0.15, 0.2) is 11.3 Å².